The van der Waals surface area contributed by atoms with E-state index in [0.717, 1.165) is 35.9 Å². The third-order valence-electron chi connectivity index (χ3n) is 3.71. The predicted molar refractivity (Wildman–Crippen MR) is 92.1 cm³/mol. The van der Waals surface area contributed by atoms with Crippen LogP contribution >= 0.6 is 23.1 Å². The number of carbonyl (C=O) groups excluding carboxylic acids is 1. The van der Waals surface area contributed by atoms with Crippen LogP contribution in [0.2, 0.25) is 0 Å². The summed E-state index contributed by atoms with van der Waals surface area (Å²) in [7, 11) is 0. The third-order valence-corrected chi connectivity index (χ3v) is 5.56. The lowest BCUT2D eigenvalue weighted by molar-refractivity contribution is -0.118. The van der Waals surface area contributed by atoms with E-state index in [9.17, 15) is 4.79 Å². The maximum Gasteiger partial charge on any atom is 0.243 e. The quantitative estimate of drug-likeness (QED) is 0.613. The second-order valence-electron chi connectivity index (χ2n) is 5.52. The monoisotopic (exact) mass is 368 g/mol. The zero-order valence-corrected chi connectivity index (χ0v) is 15.3. The van der Waals surface area contributed by atoms with Crippen molar-refractivity contribution in [3.63, 3.8) is 0 Å². The molecule has 0 aliphatic carbocycles. The Morgan fingerprint density at radius 1 is 1.46 bits per heavy atom. The van der Waals surface area contributed by atoms with Crippen LogP contribution < -0.4 is 5.32 Å². The van der Waals surface area contributed by atoms with Gasteiger partial charge < -0.3 is 4.52 Å². The maximum atomic E-state index is 12.3. The molecule has 3 rings (SSSR count). The number of nitrogens with one attached hydrogen (secondary N) is 1. The fraction of sp³-hybridized carbons (Fsp3) is 0.643. The Kier molecular flexibility index (Phi) is 5.80. The summed E-state index contributed by atoms with van der Waals surface area (Å²) in [4.78, 5) is 18.8. The molecule has 1 amide bonds. The van der Waals surface area contributed by atoms with Crippen molar-refractivity contribution in [3.8, 4) is 0 Å². The van der Waals surface area contributed by atoms with Gasteiger partial charge in [-0.05, 0) is 32.1 Å². The molecule has 1 saturated heterocycles. The van der Waals surface area contributed by atoms with Gasteiger partial charge in [-0.3, -0.25) is 15.0 Å². The molecule has 10 heteroatoms. The van der Waals surface area contributed by atoms with E-state index in [4.69, 9.17) is 4.52 Å². The summed E-state index contributed by atoms with van der Waals surface area (Å²) in [6.45, 7) is 4.97. The summed E-state index contributed by atoms with van der Waals surface area (Å²) in [5.74, 6) is 2.05. The van der Waals surface area contributed by atoms with E-state index in [0.29, 0.717) is 16.8 Å². The summed E-state index contributed by atoms with van der Waals surface area (Å²) < 4.78 is 6.17. The fourth-order valence-corrected chi connectivity index (χ4v) is 4.36. The van der Waals surface area contributed by atoms with E-state index in [1.165, 1.54) is 11.3 Å². The van der Waals surface area contributed by atoms with Crippen LogP contribution in [0.3, 0.4) is 0 Å². The number of thioether (sulfide) groups is 1. The molecule has 0 saturated carbocycles. The van der Waals surface area contributed by atoms with Gasteiger partial charge in [0, 0.05) is 0 Å². The van der Waals surface area contributed by atoms with Crippen LogP contribution in [0.25, 0.3) is 0 Å². The second kappa shape index (κ2) is 8.04. The fourth-order valence-electron chi connectivity index (χ4n) is 2.69. The second-order valence-corrected chi connectivity index (χ2v) is 8.00. The molecule has 0 radical (unpaired) electrons. The summed E-state index contributed by atoms with van der Waals surface area (Å²) >= 11 is 3.01. The number of amides is 1. The zero-order chi connectivity index (χ0) is 16.9. The largest absolute Gasteiger partial charge is 0.338 e. The normalized spacial score (nSPS) is 18.7. The van der Waals surface area contributed by atoms with E-state index < -0.39 is 0 Å². The van der Waals surface area contributed by atoms with Crippen LogP contribution in [0.15, 0.2) is 8.86 Å². The molecule has 1 fully saturated rings. The molecular weight excluding hydrogens is 348 g/mol. The van der Waals surface area contributed by atoms with Gasteiger partial charge in [-0.1, -0.05) is 41.6 Å². The van der Waals surface area contributed by atoms with Crippen molar-refractivity contribution in [1.82, 2.24) is 25.2 Å². The molecule has 1 N–H and O–H groups in total. The third kappa shape index (κ3) is 4.31. The van der Waals surface area contributed by atoms with Gasteiger partial charge in [-0.25, -0.2) is 0 Å². The molecular formula is C14H20N6O2S2. The number of nitrogens with zero attached hydrogens (tertiary/aromatic N) is 5. The average molecular weight is 368 g/mol. The van der Waals surface area contributed by atoms with E-state index >= 15 is 0 Å². The standard InChI is InChI=1S/C14H20N6O2S2/c1-3-23-14-18-17-13(24-14)16-11(21)8-20-7-5-4-6-10(20)12-15-9(2)19-22-12/h10H,3-8H2,1-2H3,(H,16,17,21)/t10-/m0/s1. The SMILES string of the molecule is CCSc1nnc(NC(=O)CN2CCCC[C@H]2c2nc(C)no2)s1. The van der Waals surface area contributed by atoms with Gasteiger partial charge in [0.05, 0.1) is 12.6 Å². The maximum absolute atomic E-state index is 12.3. The molecule has 2 aromatic rings. The van der Waals surface area contributed by atoms with Gasteiger partial charge in [0.1, 0.15) is 0 Å². The molecule has 0 unspecified atom stereocenters. The molecule has 8 nitrogen and oxygen atoms in total. The minimum absolute atomic E-state index is 0.00586. The van der Waals surface area contributed by atoms with Crippen molar-refractivity contribution in [3.05, 3.63) is 11.7 Å². The first-order valence-electron chi connectivity index (χ1n) is 7.96. The topological polar surface area (TPSA) is 97.0 Å². The number of likely N-dealkylation sites (tertiary alicyclic amines) is 1. The predicted octanol–water partition coefficient (Wildman–Crippen LogP) is 2.51. The lowest BCUT2D eigenvalue weighted by Gasteiger charge is -2.32. The van der Waals surface area contributed by atoms with Crippen molar-refractivity contribution in [2.24, 2.45) is 0 Å². The molecule has 1 aliphatic heterocycles. The number of aromatic nitrogens is 4. The van der Waals surface area contributed by atoms with E-state index in [2.05, 4.69) is 37.5 Å². The highest BCUT2D eigenvalue weighted by Gasteiger charge is 2.30. The number of carbonyl (C=O) groups is 1. The van der Waals surface area contributed by atoms with Crippen LogP contribution in [0, 0.1) is 6.92 Å². The molecule has 0 aromatic carbocycles. The van der Waals surface area contributed by atoms with Crippen molar-refractivity contribution in [2.45, 2.75) is 43.5 Å². The first kappa shape index (κ1) is 17.3. The molecule has 0 bridgehead atoms. The molecule has 1 aliphatic rings. The summed E-state index contributed by atoms with van der Waals surface area (Å²) in [6.07, 6.45) is 3.08. The average Bonchev–Trinajstić information content (AvgIpc) is 3.17. The minimum atomic E-state index is -0.0951. The summed E-state index contributed by atoms with van der Waals surface area (Å²) in [6, 6.07) is 0.00586. The van der Waals surface area contributed by atoms with Crippen LogP contribution in [-0.2, 0) is 4.79 Å². The number of anilines is 1. The Balaban J connectivity index is 1.60. The minimum Gasteiger partial charge on any atom is -0.338 e. The van der Waals surface area contributed by atoms with Crippen molar-refractivity contribution in [2.75, 3.05) is 24.2 Å². The molecule has 1 atom stereocenters. The van der Waals surface area contributed by atoms with Gasteiger partial charge >= 0.3 is 0 Å². The number of rotatable bonds is 6. The van der Waals surface area contributed by atoms with Crippen molar-refractivity contribution >= 4 is 34.1 Å². The van der Waals surface area contributed by atoms with Crippen LogP contribution in [0.4, 0.5) is 5.13 Å². The van der Waals surface area contributed by atoms with E-state index in [1.807, 2.05) is 0 Å². The number of hydrogen-bond donors (Lipinski definition) is 1. The Morgan fingerprint density at radius 3 is 3.08 bits per heavy atom. The lowest BCUT2D eigenvalue weighted by Crippen LogP contribution is -2.39. The lowest BCUT2D eigenvalue weighted by atomic mass is 10.0. The highest BCUT2D eigenvalue weighted by molar-refractivity contribution is 8.01. The first-order chi connectivity index (χ1) is 11.7. The molecule has 24 heavy (non-hydrogen) atoms. The van der Waals surface area contributed by atoms with Gasteiger partial charge in [0.15, 0.2) is 10.2 Å². The van der Waals surface area contributed by atoms with E-state index in [-0.39, 0.29) is 18.5 Å². The first-order valence-corrected chi connectivity index (χ1v) is 9.76. The molecule has 130 valence electrons. The highest BCUT2D eigenvalue weighted by Crippen LogP contribution is 2.30. The summed E-state index contributed by atoms with van der Waals surface area (Å²) in [5, 5.41) is 15.3. The van der Waals surface area contributed by atoms with Crippen LogP contribution in [0.5, 0.6) is 0 Å². The van der Waals surface area contributed by atoms with Crippen molar-refractivity contribution < 1.29 is 9.32 Å². The zero-order valence-electron chi connectivity index (χ0n) is 13.7. The van der Waals surface area contributed by atoms with Gasteiger partial charge in [0.2, 0.25) is 16.9 Å². The Morgan fingerprint density at radius 2 is 2.33 bits per heavy atom. The Hall–Kier alpha value is -1.52. The number of hydrogen-bond acceptors (Lipinski definition) is 9. The van der Waals surface area contributed by atoms with Crippen LogP contribution in [-0.4, -0.2) is 50.0 Å². The van der Waals surface area contributed by atoms with Gasteiger partial charge in [0.25, 0.3) is 0 Å². The van der Waals surface area contributed by atoms with Crippen LogP contribution in [0.1, 0.15) is 43.9 Å². The Labute approximate surface area is 148 Å². The van der Waals surface area contributed by atoms with E-state index in [1.54, 1.807) is 18.7 Å². The molecule has 0 spiro atoms. The Bertz CT molecular complexity index is 688. The number of piperidine rings is 1. The van der Waals surface area contributed by atoms with Gasteiger partial charge in [-0.2, -0.15) is 4.98 Å². The smallest absolute Gasteiger partial charge is 0.243 e. The molecule has 2 aromatic heterocycles. The van der Waals surface area contributed by atoms with Crippen molar-refractivity contribution in [1.29, 1.82) is 0 Å². The number of aryl methyl sites for hydroxylation is 1. The highest BCUT2D eigenvalue weighted by atomic mass is 32.2. The summed E-state index contributed by atoms with van der Waals surface area (Å²) in [5.41, 5.74) is 0. The van der Waals surface area contributed by atoms with Gasteiger partial charge in [-0.15, -0.1) is 10.2 Å². The molecule has 3 heterocycles.